The molecule has 6 nitrogen and oxygen atoms in total. The topological polar surface area (TPSA) is 84.9 Å². The van der Waals surface area contributed by atoms with Crippen molar-refractivity contribution in [1.29, 1.82) is 0 Å². The molecule has 0 aromatic heterocycles. The van der Waals surface area contributed by atoms with Crippen LogP contribution in [0.5, 0.6) is 11.5 Å². The normalized spacial score (nSPS) is 10.3. The Hall–Kier alpha value is -3.02. The van der Waals surface area contributed by atoms with Crippen molar-refractivity contribution < 1.29 is 24.2 Å². The van der Waals surface area contributed by atoms with Gasteiger partial charge in [0.2, 0.25) is 5.91 Å². The van der Waals surface area contributed by atoms with Crippen LogP contribution in [0.1, 0.15) is 34.3 Å². The number of aromatic carboxylic acids is 1. The van der Waals surface area contributed by atoms with Crippen LogP contribution >= 0.6 is 0 Å². The molecule has 144 valence electrons. The van der Waals surface area contributed by atoms with Crippen LogP contribution < -0.4 is 14.8 Å². The van der Waals surface area contributed by atoms with Gasteiger partial charge >= 0.3 is 5.97 Å². The Balaban J connectivity index is 1.71. The fourth-order valence-corrected chi connectivity index (χ4v) is 2.75. The molecule has 0 saturated carbocycles. The molecule has 2 rings (SSSR count). The summed E-state index contributed by atoms with van der Waals surface area (Å²) in [6.45, 7) is 0.525. The fourth-order valence-electron chi connectivity index (χ4n) is 2.75. The zero-order chi connectivity index (χ0) is 19.6. The van der Waals surface area contributed by atoms with Crippen LogP contribution in [0.3, 0.4) is 0 Å². The van der Waals surface area contributed by atoms with E-state index >= 15 is 0 Å². The number of hydrogen-bond acceptors (Lipinski definition) is 4. The third-order valence-electron chi connectivity index (χ3n) is 4.28. The zero-order valence-electron chi connectivity index (χ0n) is 15.7. The highest BCUT2D eigenvalue weighted by Gasteiger charge is 2.07. The molecule has 2 aromatic rings. The van der Waals surface area contributed by atoms with Gasteiger partial charge in [0.1, 0.15) is 11.5 Å². The van der Waals surface area contributed by atoms with Gasteiger partial charge < -0.3 is 19.9 Å². The first-order valence-corrected chi connectivity index (χ1v) is 8.83. The van der Waals surface area contributed by atoms with Gasteiger partial charge in [-0.1, -0.05) is 18.2 Å². The van der Waals surface area contributed by atoms with Crippen molar-refractivity contribution >= 4 is 11.9 Å². The molecule has 0 saturated heterocycles. The lowest BCUT2D eigenvalue weighted by molar-refractivity contribution is -0.121. The van der Waals surface area contributed by atoms with Crippen LogP contribution in [0.25, 0.3) is 0 Å². The first-order chi connectivity index (χ1) is 13.0. The minimum Gasteiger partial charge on any atom is -0.497 e. The molecule has 0 fully saturated rings. The van der Waals surface area contributed by atoms with Crippen LogP contribution in [0.15, 0.2) is 42.5 Å². The summed E-state index contributed by atoms with van der Waals surface area (Å²) in [6, 6.07) is 12.4. The van der Waals surface area contributed by atoms with Gasteiger partial charge in [-0.2, -0.15) is 0 Å². The number of methoxy groups -OCH3 is 2. The Morgan fingerprint density at radius 2 is 1.74 bits per heavy atom. The van der Waals surface area contributed by atoms with Gasteiger partial charge in [0.05, 0.1) is 19.8 Å². The molecule has 0 aliphatic rings. The second kappa shape index (κ2) is 10.2. The van der Waals surface area contributed by atoms with Crippen molar-refractivity contribution in [2.24, 2.45) is 0 Å². The number of carboxylic acids is 1. The average molecular weight is 371 g/mol. The lowest BCUT2D eigenvalue weighted by Gasteiger charge is -2.10. The maximum atomic E-state index is 12.0. The van der Waals surface area contributed by atoms with Gasteiger partial charge in [0, 0.05) is 19.0 Å². The third-order valence-corrected chi connectivity index (χ3v) is 4.28. The Morgan fingerprint density at radius 3 is 2.37 bits per heavy atom. The van der Waals surface area contributed by atoms with Crippen molar-refractivity contribution in [3.63, 3.8) is 0 Å². The number of nitrogens with one attached hydrogen (secondary N) is 1. The number of amides is 1. The molecule has 1 amide bonds. The van der Waals surface area contributed by atoms with Crippen molar-refractivity contribution in [2.45, 2.75) is 25.7 Å². The summed E-state index contributed by atoms with van der Waals surface area (Å²) < 4.78 is 10.5. The standard InChI is InChI=1S/C21H25NO5/c1-26-18-11-10-16(19(14-18)27-2)4-3-5-20(23)22-13-12-15-6-8-17(9-7-15)21(24)25/h6-11,14H,3-5,12-13H2,1-2H3,(H,22,23)(H,24,25). The number of benzene rings is 2. The monoisotopic (exact) mass is 371 g/mol. The molecular formula is C21H25NO5. The quantitative estimate of drug-likeness (QED) is 0.670. The van der Waals surface area contributed by atoms with E-state index in [0.717, 1.165) is 35.5 Å². The molecule has 0 unspecified atom stereocenters. The maximum Gasteiger partial charge on any atom is 0.335 e. The van der Waals surface area contributed by atoms with E-state index in [0.29, 0.717) is 19.4 Å². The maximum absolute atomic E-state index is 12.0. The summed E-state index contributed by atoms with van der Waals surface area (Å²) in [5, 5.41) is 11.8. The van der Waals surface area contributed by atoms with Crippen molar-refractivity contribution in [2.75, 3.05) is 20.8 Å². The molecule has 0 heterocycles. The Bertz CT molecular complexity index is 771. The van der Waals surface area contributed by atoms with E-state index in [1.807, 2.05) is 18.2 Å². The van der Waals surface area contributed by atoms with Crippen LogP contribution in [-0.4, -0.2) is 37.7 Å². The van der Waals surface area contributed by atoms with Gasteiger partial charge in [-0.15, -0.1) is 0 Å². The molecule has 0 radical (unpaired) electrons. The fraction of sp³-hybridized carbons (Fsp3) is 0.333. The summed E-state index contributed by atoms with van der Waals surface area (Å²) in [7, 11) is 3.23. The smallest absolute Gasteiger partial charge is 0.335 e. The highest BCUT2D eigenvalue weighted by atomic mass is 16.5. The predicted octanol–water partition coefficient (Wildman–Crippen LogP) is 3.08. The minimum atomic E-state index is -0.941. The molecule has 0 bridgehead atoms. The van der Waals surface area contributed by atoms with E-state index in [1.54, 1.807) is 38.5 Å². The first-order valence-electron chi connectivity index (χ1n) is 8.83. The lowest BCUT2D eigenvalue weighted by Crippen LogP contribution is -2.25. The van der Waals surface area contributed by atoms with E-state index in [1.165, 1.54) is 0 Å². The number of hydrogen-bond donors (Lipinski definition) is 2. The molecule has 0 spiro atoms. The van der Waals surface area contributed by atoms with E-state index < -0.39 is 5.97 Å². The van der Waals surface area contributed by atoms with Crippen LogP contribution in [0, 0.1) is 0 Å². The number of rotatable bonds is 10. The molecule has 0 aliphatic heterocycles. The Labute approximate surface area is 159 Å². The summed E-state index contributed by atoms with van der Waals surface area (Å²) >= 11 is 0. The van der Waals surface area contributed by atoms with Gasteiger partial charge in [-0.05, 0) is 48.6 Å². The summed E-state index contributed by atoms with van der Waals surface area (Å²) in [6.07, 6.45) is 2.57. The molecule has 27 heavy (non-hydrogen) atoms. The molecule has 0 aliphatic carbocycles. The second-order valence-electron chi connectivity index (χ2n) is 6.13. The lowest BCUT2D eigenvalue weighted by atomic mass is 10.1. The number of carboxylic acid groups (broad SMARTS) is 1. The van der Waals surface area contributed by atoms with Gasteiger partial charge in [0.25, 0.3) is 0 Å². The van der Waals surface area contributed by atoms with E-state index in [4.69, 9.17) is 14.6 Å². The molecule has 0 atom stereocenters. The molecular weight excluding hydrogens is 346 g/mol. The van der Waals surface area contributed by atoms with E-state index in [2.05, 4.69) is 5.32 Å². The molecule has 6 heteroatoms. The number of aryl methyl sites for hydroxylation is 1. The SMILES string of the molecule is COc1ccc(CCCC(=O)NCCc2ccc(C(=O)O)cc2)c(OC)c1. The van der Waals surface area contributed by atoms with Crippen LogP contribution in [0.4, 0.5) is 0 Å². The second-order valence-corrected chi connectivity index (χ2v) is 6.13. The first kappa shape index (κ1) is 20.3. The van der Waals surface area contributed by atoms with Gasteiger partial charge in [0.15, 0.2) is 0 Å². The average Bonchev–Trinajstić information content (AvgIpc) is 2.68. The van der Waals surface area contributed by atoms with Gasteiger partial charge in [-0.3, -0.25) is 4.79 Å². The molecule has 2 N–H and O–H groups in total. The van der Waals surface area contributed by atoms with E-state index in [-0.39, 0.29) is 11.5 Å². The largest absolute Gasteiger partial charge is 0.497 e. The number of carbonyl (C=O) groups is 2. The van der Waals surface area contributed by atoms with E-state index in [9.17, 15) is 9.59 Å². The summed E-state index contributed by atoms with van der Waals surface area (Å²) in [5.41, 5.74) is 2.30. The Morgan fingerprint density at radius 1 is 1.00 bits per heavy atom. The number of ether oxygens (including phenoxy) is 2. The number of carbonyl (C=O) groups excluding carboxylic acids is 1. The highest BCUT2D eigenvalue weighted by molar-refractivity contribution is 5.87. The van der Waals surface area contributed by atoms with Crippen LogP contribution in [-0.2, 0) is 17.6 Å². The molecule has 2 aromatic carbocycles. The third kappa shape index (κ3) is 6.33. The van der Waals surface area contributed by atoms with Crippen molar-refractivity contribution in [3.8, 4) is 11.5 Å². The summed E-state index contributed by atoms with van der Waals surface area (Å²) in [5.74, 6) is 0.567. The predicted molar refractivity (Wildman–Crippen MR) is 103 cm³/mol. The van der Waals surface area contributed by atoms with Crippen LogP contribution in [0.2, 0.25) is 0 Å². The minimum absolute atomic E-state index is 0.00429. The van der Waals surface area contributed by atoms with Crippen molar-refractivity contribution in [3.05, 3.63) is 59.2 Å². The van der Waals surface area contributed by atoms with Gasteiger partial charge in [-0.25, -0.2) is 4.79 Å². The zero-order valence-corrected chi connectivity index (χ0v) is 15.7. The Kier molecular flexibility index (Phi) is 7.67. The summed E-state index contributed by atoms with van der Waals surface area (Å²) in [4.78, 5) is 22.8. The highest BCUT2D eigenvalue weighted by Crippen LogP contribution is 2.25. The van der Waals surface area contributed by atoms with Crippen molar-refractivity contribution in [1.82, 2.24) is 5.32 Å².